The summed E-state index contributed by atoms with van der Waals surface area (Å²) < 4.78 is 10.5. The fourth-order valence-electron chi connectivity index (χ4n) is 4.31. The number of hydrogen-bond donors (Lipinski definition) is 1. The average molecular weight is 409 g/mol. The molecule has 0 bridgehead atoms. The number of fused-ring (bicyclic) bond motifs is 2. The normalized spacial score (nSPS) is 18.2. The van der Waals surface area contributed by atoms with Gasteiger partial charge in [0.1, 0.15) is 6.17 Å². The van der Waals surface area contributed by atoms with Crippen molar-refractivity contribution < 1.29 is 19.1 Å². The standard InChI is InChI=1S/C23H27N3O4/c1-25-18-13-15(22(27)24-16-9-11-19(29-2)20(14-16)30-3)8-10-17(18)23(28)26-12-6-4-5-7-21(25)26/h8-11,13-14,21H,4-7,12H2,1-3H3,(H,24,27)/t21-/m0/s1. The molecule has 2 heterocycles. The summed E-state index contributed by atoms with van der Waals surface area (Å²) in [7, 11) is 5.12. The Morgan fingerprint density at radius 1 is 1.03 bits per heavy atom. The van der Waals surface area contributed by atoms with Gasteiger partial charge < -0.3 is 24.6 Å². The molecule has 2 aliphatic rings. The summed E-state index contributed by atoms with van der Waals surface area (Å²) >= 11 is 0. The van der Waals surface area contributed by atoms with Gasteiger partial charge in [-0.2, -0.15) is 0 Å². The number of carbonyl (C=O) groups excluding carboxylic acids is 2. The van der Waals surface area contributed by atoms with Gasteiger partial charge in [-0.3, -0.25) is 9.59 Å². The third kappa shape index (κ3) is 3.56. The average Bonchev–Trinajstić information content (AvgIpc) is 3.03. The Labute approximate surface area is 176 Å². The van der Waals surface area contributed by atoms with Crippen LogP contribution in [0.5, 0.6) is 11.5 Å². The van der Waals surface area contributed by atoms with Crippen molar-refractivity contribution in [1.29, 1.82) is 0 Å². The van der Waals surface area contributed by atoms with E-state index in [4.69, 9.17) is 9.47 Å². The van der Waals surface area contributed by atoms with E-state index in [1.165, 1.54) is 0 Å². The molecule has 4 rings (SSSR count). The first-order valence-corrected chi connectivity index (χ1v) is 10.2. The quantitative estimate of drug-likeness (QED) is 0.833. The third-order valence-electron chi connectivity index (χ3n) is 5.94. The SMILES string of the molecule is COc1ccc(NC(=O)c2ccc3c(c2)N(C)[C@@H]2CCCCCN2C3=O)cc1OC. The van der Waals surface area contributed by atoms with Crippen molar-refractivity contribution in [3.63, 3.8) is 0 Å². The smallest absolute Gasteiger partial charge is 0.257 e. The Balaban J connectivity index is 1.60. The molecular formula is C23H27N3O4. The van der Waals surface area contributed by atoms with Crippen LogP contribution in [0, 0.1) is 0 Å². The van der Waals surface area contributed by atoms with Crippen molar-refractivity contribution in [2.45, 2.75) is 31.8 Å². The van der Waals surface area contributed by atoms with Crippen LogP contribution in [0.15, 0.2) is 36.4 Å². The summed E-state index contributed by atoms with van der Waals surface area (Å²) in [5, 5.41) is 2.90. The van der Waals surface area contributed by atoms with E-state index < -0.39 is 0 Å². The lowest BCUT2D eigenvalue weighted by Crippen LogP contribution is -2.53. The first kappa shape index (κ1) is 20.1. The van der Waals surface area contributed by atoms with E-state index in [2.05, 4.69) is 10.2 Å². The van der Waals surface area contributed by atoms with E-state index in [9.17, 15) is 9.59 Å². The Hall–Kier alpha value is -3.22. The zero-order chi connectivity index (χ0) is 21.3. The Morgan fingerprint density at radius 3 is 2.60 bits per heavy atom. The van der Waals surface area contributed by atoms with Crippen LogP contribution < -0.4 is 19.7 Å². The number of hydrogen-bond acceptors (Lipinski definition) is 5. The highest BCUT2D eigenvalue weighted by Gasteiger charge is 2.36. The highest BCUT2D eigenvalue weighted by Crippen LogP contribution is 2.35. The number of amides is 2. The molecule has 1 saturated heterocycles. The van der Waals surface area contributed by atoms with Gasteiger partial charge >= 0.3 is 0 Å². The summed E-state index contributed by atoms with van der Waals surface area (Å²) in [6, 6.07) is 10.5. The van der Waals surface area contributed by atoms with Crippen LogP contribution in [0.25, 0.3) is 0 Å². The number of nitrogens with zero attached hydrogens (tertiary/aromatic N) is 2. The summed E-state index contributed by atoms with van der Waals surface area (Å²) in [5.41, 5.74) is 2.57. The lowest BCUT2D eigenvalue weighted by Gasteiger charge is -2.43. The Morgan fingerprint density at radius 2 is 1.83 bits per heavy atom. The maximum Gasteiger partial charge on any atom is 0.257 e. The number of carbonyl (C=O) groups is 2. The van der Waals surface area contributed by atoms with Gasteiger partial charge in [-0.25, -0.2) is 0 Å². The molecule has 2 aromatic rings. The first-order valence-electron chi connectivity index (χ1n) is 10.2. The van der Waals surface area contributed by atoms with Gasteiger partial charge in [0.2, 0.25) is 0 Å². The second-order valence-electron chi connectivity index (χ2n) is 7.70. The van der Waals surface area contributed by atoms with Crippen LogP contribution in [0.3, 0.4) is 0 Å². The molecule has 0 aromatic heterocycles. The van der Waals surface area contributed by atoms with Gasteiger partial charge in [-0.05, 0) is 49.6 Å². The van der Waals surface area contributed by atoms with E-state index in [-0.39, 0.29) is 18.0 Å². The molecular weight excluding hydrogens is 382 g/mol. The molecule has 0 spiro atoms. The van der Waals surface area contributed by atoms with E-state index in [1.807, 2.05) is 18.0 Å². The largest absolute Gasteiger partial charge is 0.493 e. The molecule has 0 aliphatic carbocycles. The van der Waals surface area contributed by atoms with Gasteiger partial charge in [0.05, 0.1) is 25.5 Å². The number of anilines is 2. The van der Waals surface area contributed by atoms with Crippen LogP contribution >= 0.6 is 0 Å². The van der Waals surface area contributed by atoms with Crippen molar-refractivity contribution >= 4 is 23.2 Å². The molecule has 0 saturated carbocycles. The minimum absolute atomic E-state index is 0.0525. The van der Waals surface area contributed by atoms with E-state index in [0.717, 1.165) is 37.9 Å². The molecule has 1 N–H and O–H groups in total. The summed E-state index contributed by atoms with van der Waals surface area (Å²) in [4.78, 5) is 30.0. The van der Waals surface area contributed by atoms with Crippen molar-refractivity contribution in [3.8, 4) is 11.5 Å². The number of ether oxygens (including phenoxy) is 2. The number of rotatable bonds is 4. The van der Waals surface area contributed by atoms with Crippen LogP contribution in [0.1, 0.15) is 46.4 Å². The van der Waals surface area contributed by atoms with Gasteiger partial charge in [0, 0.05) is 30.9 Å². The minimum Gasteiger partial charge on any atom is -0.493 e. The molecule has 0 radical (unpaired) electrons. The zero-order valence-corrected chi connectivity index (χ0v) is 17.6. The highest BCUT2D eigenvalue weighted by atomic mass is 16.5. The van der Waals surface area contributed by atoms with Crippen LogP contribution in [-0.2, 0) is 0 Å². The molecule has 158 valence electrons. The Kier molecular flexibility index (Phi) is 5.53. The van der Waals surface area contributed by atoms with Crippen molar-refractivity contribution in [2.24, 2.45) is 0 Å². The highest BCUT2D eigenvalue weighted by molar-refractivity contribution is 6.08. The molecule has 1 atom stereocenters. The second-order valence-corrected chi connectivity index (χ2v) is 7.70. The molecule has 7 heteroatoms. The molecule has 2 amide bonds. The number of nitrogens with one attached hydrogen (secondary N) is 1. The van der Waals surface area contributed by atoms with Crippen LogP contribution in [0.2, 0.25) is 0 Å². The first-order chi connectivity index (χ1) is 14.5. The monoisotopic (exact) mass is 409 g/mol. The summed E-state index contributed by atoms with van der Waals surface area (Å²) in [6.07, 6.45) is 4.29. The number of benzene rings is 2. The van der Waals surface area contributed by atoms with Crippen molar-refractivity contribution in [3.05, 3.63) is 47.5 Å². The fourth-order valence-corrected chi connectivity index (χ4v) is 4.31. The van der Waals surface area contributed by atoms with E-state index in [0.29, 0.717) is 28.3 Å². The van der Waals surface area contributed by atoms with Crippen LogP contribution in [0.4, 0.5) is 11.4 Å². The fraction of sp³-hybridized carbons (Fsp3) is 0.391. The lowest BCUT2D eigenvalue weighted by molar-refractivity contribution is 0.0661. The van der Waals surface area contributed by atoms with Crippen molar-refractivity contribution in [1.82, 2.24) is 4.90 Å². The van der Waals surface area contributed by atoms with Crippen LogP contribution in [-0.4, -0.2) is 50.7 Å². The third-order valence-corrected chi connectivity index (χ3v) is 5.94. The predicted molar refractivity (Wildman–Crippen MR) is 116 cm³/mol. The summed E-state index contributed by atoms with van der Waals surface area (Å²) in [5.74, 6) is 0.952. The minimum atomic E-state index is -0.242. The lowest BCUT2D eigenvalue weighted by atomic mass is 10.0. The topological polar surface area (TPSA) is 71.1 Å². The molecule has 2 aliphatic heterocycles. The molecule has 0 unspecified atom stereocenters. The van der Waals surface area contributed by atoms with E-state index >= 15 is 0 Å². The maximum atomic E-state index is 13.0. The summed E-state index contributed by atoms with van der Waals surface area (Å²) in [6.45, 7) is 0.787. The Bertz CT molecular complexity index is 975. The second kappa shape index (κ2) is 8.26. The van der Waals surface area contributed by atoms with Gasteiger partial charge in [0.25, 0.3) is 11.8 Å². The molecule has 2 aromatic carbocycles. The predicted octanol–water partition coefficient (Wildman–Crippen LogP) is 3.75. The maximum absolute atomic E-state index is 13.0. The van der Waals surface area contributed by atoms with Gasteiger partial charge in [-0.1, -0.05) is 6.42 Å². The molecule has 7 nitrogen and oxygen atoms in total. The van der Waals surface area contributed by atoms with E-state index in [1.54, 1.807) is 44.6 Å². The molecule has 30 heavy (non-hydrogen) atoms. The zero-order valence-electron chi connectivity index (χ0n) is 17.6. The molecule has 1 fully saturated rings. The van der Waals surface area contributed by atoms with Crippen molar-refractivity contribution in [2.75, 3.05) is 38.0 Å². The van der Waals surface area contributed by atoms with Gasteiger partial charge in [-0.15, -0.1) is 0 Å². The van der Waals surface area contributed by atoms with Gasteiger partial charge in [0.15, 0.2) is 11.5 Å². The number of methoxy groups -OCH3 is 2.